The van der Waals surface area contributed by atoms with E-state index in [0.29, 0.717) is 22.0 Å². The van der Waals surface area contributed by atoms with Crippen LogP contribution in [0.25, 0.3) is 0 Å². The summed E-state index contributed by atoms with van der Waals surface area (Å²) in [6, 6.07) is 11.5. The van der Waals surface area contributed by atoms with Crippen LogP contribution in [-0.4, -0.2) is 20.6 Å². The third kappa shape index (κ3) is 5.15. The van der Waals surface area contributed by atoms with Gasteiger partial charge in [-0.05, 0) is 42.8 Å². The highest BCUT2D eigenvalue weighted by Crippen LogP contribution is 2.19. The van der Waals surface area contributed by atoms with E-state index in [9.17, 15) is 13.2 Å². The zero-order chi connectivity index (χ0) is 17.0. The number of carbonyl (C=O) groups excluding carboxylic acids is 1. The summed E-state index contributed by atoms with van der Waals surface area (Å²) in [5, 5.41) is 0.587. The molecule has 0 bridgehead atoms. The fraction of sp³-hybridized carbons (Fsp3) is 0.133. The van der Waals surface area contributed by atoms with E-state index in [1.165, 1.54) is 6.07 Å². The molecule has 0 fully saturated rings. The molecule has 3 N–H and O–H groups in total. The number of hydrazine groups is 1. The van der Waals surface area contributed by atoms with Crippen LogP contribution in [0.4, 0.5) is 11.4 Å². The van der Waals surface area contributed by atoms with Gasteiger partial charge in [0.25, 0.3) is 5.91 Å². The first-order valence-electron chi connectivity index (χ1n) is 6.65. The van der Waals surface area contributed by atoms with Gasteiger partial charge in [0.1, 0.15) is 0 Å². The van der Waals surface area contributed by atoms with Gasteiger partial charge in [-0.1, -0.05) is 23.7 Å². The van der Waals surface area contributed by atoms with Crippen LogP contribution >= 0.6 is 11.6 Å². The summed E-state index contributed by atoms with van der Waals surface area (Å²) in [4.78, 5) is 12.1. The van der Waals surface area contributed by atoms with Crippen LogP contribution in [0.15, 0.2) is 42.5 Å². The van der Waals surface area contributed by atoms with Crippen molar-refractivity contribution < 1.29 is 13.2 Å². The third-order valence-electron chi connectivity index (χ3n) is 2.92. The van der Waals surface area contributed by atoms with E-state index >= 15 is 0 Å². The SMILES string of the molecule is Cc1ccc(NNC(=O)c2cccc(NS(C)(=O)=O)c2)cc1Cl. The number of hydrogen-bond acceptors (Lipinski definition) is 4. The van der Waals surface area contributed by atoms with Gasteiger partial charge in [0.15, 0.2) is 0 Å². The van der Waals surface area contributed by atoms with Gasteiger partial charge in [0.05, 0.1) is 11.9 Å². The predicted octanol–water partition coefficient (Wildman–Crippen LogP) is 2.78. The Morgan fingerprint density at radius 2 is 1.83 bits per heavy atom. The monoisotopic (exact) mass is 353 g/mol. The maximum absolute atomic E-state index is 12.1. The van der Waals surface area contributed by atoms with Crippen LogP contribution in [0.1, 0.15) is 15.9 Å². The van der Waals surface area contributed by atoms with Crippen molar-refractivity contribution in [2.24, 2.45) is 0 Å². The summed E-state index contributed by atoms with van der Waals surface area (Å²) in [6.07, 6.45) is 1.04. The molecular formula is C15H16ClN3O3S. The summed E-state index contributed by atoms with van der Waals surface area (Å²) in [5.74, 6) is -0.404. The zero-order valence-corrected chi connectivity index (χ0v) is 14.1. The van der Waals surface area contributed by atoms with Gasteiger partial charge in [-0.15, -0.1) is 0 Å². The summed E-state index contributed by atoms with van der Waals surface area (Å²) < 4.78 is 24.7. The van der Waals surface area contributed by atoms with Crippen molar-refractivity contribution in [1.29, 1.82) is 0 Å². The van der Waals surface area contributed by atoms with E-state index in [4.69, 9.17) is 11.6 Å². The van der Waals surface area contributed by atoms with E-state index in [-0.39, 0.29) is 0 Å². The van der Waals surface area contributed by atoms with Crippen LogP contribution in [0, 0.1) is 6.92 Å². The lowest BCUT2D eigenvalue weighted by molar-refractivity contribution is 0.0962. The number of anilines is 2. The first kappa shape index (κ1) is 17.1. The zero-order valence-electron chi connectivity index (χ0n) is 12.6. The number of halogens is 1. The summed E-state index contributed by atoms with van der Waals surface area (Å²) in [7, 11) is -3.40. The number of benzene rings is 2. The number of rotatable bonds is 5. The van der Waals surface area contributed by atoms with Crippen molar-refractivity contribution in [3.05, 3.63) is 58.6 Å². The molecule has 2 aromatic rings. The molecule has 0 aliphatic heterocycles. The molecule has 0 saturated heterocycles. The minimum atomic E-state index is -3.40. The first-order valence-corrected chi connectivity index (χ1v) is 8.92. The molecule has 0 spiro atoms. The molecule has 2 rings (SSSR count). The van der Waals surface area contributed by atoms with Crippen LogP contribution in [0.5, 0.6) is 0 Å². The quantitative estimate of drug-likeness (QED) is 0.721. The second-order valence-electron chi connectivity index (χ2n) is 5.00. The number of hydrogen-bond donors (Lipinski definition) is 3. The molecule has 0 aromatic heterocycles. The van der Waals surface area contributed by atoms with Gasteiger partial charge in [-0.3, -0.25) is 20.4 Å². The van der Waals surface area contributed by atoms with Crippen molar-refractivity contribution in [3.8, 4) is 0 Å². The Bertz CT molecular complexity index is 838. The molecule has 122 valence electrons. The molecule has 1 amide bonds. The van der Waals surface area contributed by atoms with Crippen molar-refractivity contribution in [3.63, 3.8) is 0 Å². The lowest BCUT2D eigenvalue weighted by atomic mass is 10.2. The molecule has 0 aliphatic rings. The number of aryl methyl sites for hydroxylation is 1. The van der Waals surface area contributed by atoms with E-state index < -0.39 is 15.9 Å². The van der Waals surface area contributed by atoms with Gasteiger partial charge >= 0.3 is 0 Å². The van der Waals surface area contributed by atoms with Crippen LogP contribution < -0.4 is 15.6 Å². The topological polar surface area (TPSA) is 87.3 Å². The Morgan fingerprint density at radius 3 is 2.48 bits per heavy atom. The molecule has 0 heterocycles. The largest absolute Gasteiger partial charge is 0.298 e. The number of carbonyl (C=O) groups is 1. The van der Waals surface area contributed by atoms with Gasteiger partial charge in [0.2, 0.25) is 10.0 Å². The minimum Gasteiger partial charge on any atom is -0.298 e. The predicted molar refractivity (Wildman–Crippen MR) is 92.2 cm³/mol. The normalized spacial score (nSPS) is 10.9. The number of nitrogens with one attached hydrogen (secondary N) is 3. The molecular weight excluding hydrogens is 338 g/mol. The molecule has 2 aromatic carbocycles. The molecule has 0 saturated carbocycles. The van der Waals surface area contributed by atoms with Gasteiger partial charge in [-0.2, -0.15) is 0 Å². The summed E-state index contributed by atoms with van der Waals surface area (Å²) in [6.45, 7) is 1.88. The Labute approximate surface area is 139 Å². The summed E-state index contributed by atoms with van der Waals surface area (Å²) >= 11 is 6.01. The van der Waals surface area contributed by atoms with Crippen molar-refractivity contribution in [2.75, 3.05) is 16.4 Å². The maximum Gasteiger partial charge on any atom is 0.269 e. The Kier molecular flexibility index (Phi) is 5.12. The molecule has 0 unspecified atom stereocenters. The first-order chi connectivity index (χ1) is 10.7. The van der Waals surface area contributed by atoms with Crippen LogP contribution in [0.3, 0.4) is 0 Å². The van der Waals surface area contributed by atoms with Gasteiger partial charge < -0.3 is 0 Å². The van der Waals surface area contributed by atoms with E-state index in [2.05, 4.69) is 15.6 Å². The second-order valence-corrected chi connectivity index (χ2v) is 7.15. The molecule has 23 heavy (non-hydrogen) atoms. The third-order valence-corrected chi connectivity index (χ3v) is 3.93. The average molecular weight is 354 g/mol. The Balaban J connectivity index is 2.05. The Morgan fingerprint density at radius 1 is 1.09 bits per heavy atom. The van der Waals surface area contributed by atoms with Crippen LogP contribution in [-0.2, 0) is 10.0 Å². The molecule has 0 aliphatic carbocycles. The fourth-order valence-electron chi connectivity index (χ4n) is 1.81. The molecule has 8 heteroatoms. The lowest BCUT2D eigenvalue weighted by Crippen LogP contribution is -2.29. The van der Waals surface area contributed by atoms with Crippen molar-refractivity contribution in [2.45, 2.75) is 6.92 Å². The maximum atomic E-state index is 12.1. The standard InChI is InChI=1S/C15H16ClN3O3S/c1-10-6-7-12(9-14(10)16)17-18-15(20)11-4-3-5-13(8-11)19-23(2,21)22/h3-9,17,19H,1-2H3,(H,18,20). The molecule has 0 radical (unpaired) electrons. The van der Waals surface area contributed by atoms with Crippen molar-refractivity contribution in [1.82, 2.24) is 5.43 Å². The Hall–Kier alpha value is -2.25. The molecule has 6 nitrogen and oxygen atoms in total. The highest BCUT2D eigenvalue weighted by molar-refractivity contribution is 7.92. The molecule has 0 atom stereocenters. The average Bonchev–Trinajstić information content (AvgIpc) is 2.46. The lowest BCUT2D eigenvalue weighted by Gasteiger charge is -2.10. The van der Waals surface area contributed by atoms with E-state index in [1.54, 1.807) is 30.3 Å². The van der Waals surface area contributed by atoms with E-state index in [0.717, 1.165) is 11.8 Å². The highest BCUT2D eigenvalue weighted by atomic mass is 35.5. The van der Waals surface area contributed by atoms with E-state index in [1.807, 2.05) is 13.0 Å². The minimum absolute atomic E-state index is 0.310. The second kappa shape index (κ2) is 6.89. The summed E-state index contributed by atoms with van der Waals surface area (Å²) in [5.41, 5.74) is 7.48. The van der Waals surface area contributed by atoms with Gasteiger partial charge in [-0.25, -0.2) is 8.42 Å². The van der Waals surface area contributed by atoms with Gasteiger partial charge in [0, 0.05) is 16.3 Å². The highest BCUT2D eigenvalue weighted by Gasteiger charge is 2.08. The number of sulfonamides is 1. The van der Waals surface area contributed by atoms with Crippen molar-refractivity contribution >= 4 is 38.9 Å². The van der Waals surface area contributed by atoms with Crippen LogP contribution in [0.2, 0.25) is 5.02 Å². The smallest absolute Gasteiger partial charge is 0.269 e. The number of amides is 1. The fourth-order valence-corrected chi connectivity index (χ4v) is 2.55.